The first-order valence-electron chi connectivity index (χ1n) is 7.91. The van der Waals surface area contributed by atoms with E-state index in [1.807, 2.05) is 24.3 Å². The minimum Gasteiger partial charge on any atom is -0.383 e. The van der Waals surface area contributed by atoms with Crippen LogP contribution in [0.15, 0.2) is 24.3 Å². The fraction of sp³-hybridized carbons (Fsp3) is 0.294. The van der Waals surface area contributed by atoms with Gasteiger partial charge in [0.25, 0.3) is 5.91 Å². The summed E-state index contributed by atoms with van der Waals surface area (Å²) in [6.45, 7) is 4.00. The molecule has 9 heteroatoms. The summed E-state index contributed by atoms with van der Waals surface area (Å²) in [4.78, 5) is 35.2. The van der Waals surface area contributed by atoms with Crippen molar-refractivity contribution in [2.24, 2.45) is 0 Å². The highest BCUT2D eigenvalue weighted by atomic mass is 32.1. The van der Waals surface area contributed by atoms with Crippen molar-refractivity contribution < 1.29 is 14.3 Å². The molecule has 0 spiro atoms. The highest BCUT2D eigenvalue weighted by Gasteiger charge is 2.21. The molecule has 2 aromatic heterocycles. The van der Waals surface area contributed by atoms with E-state index >= 15 is 0 Å². The van der Waals surface area contributed by atoms with E-state index in [-0.39, 0.29) is 11.8 Å². The molecule has 1 aromatic carbocycles. The molecule has 0 unspecified atom stereocenters. The molecule has 0 saturated carbocycles. The molecule has 3 aromatic rings. The number of nitrogens with zero attached hydrogens (tertiary/aromatic N) is 3. The number of ether oxygens (including phenoxy) is 1. The number of para-hydroxylation sites is 1. The Morgan fingerprint density at radius 1 is 1.23 bits per heavy atom. The highest BCUT2D eigenvalue weighted by molar-refractivity contribution is 7.22. The van der Waals surface area contributed by atoms with Crippen LogP contribution in [0, 0.1) is 6.92 Å². The largest absolute Gasteiger partial charge is 0.383 e. The summed E-state index contributed by atoms with van der Waals surface area (Å²) < 4.78 is 6.04. The van der Waals surface area contributed by atoms with E-state index in [1.54, 1.807) is 14.0 Å². The minimum atomic E-state index is -0.277. The molecule has 26 heavy (non-hydrogen) atoms. The molecule has 0 aliphatic heterocycles. The fourth-order valence-electron chi connectivity index (χ4n) is 2.36. The van der Waals surface area contributed by atoms with Gasteiger partial charge in [0.2, 0.25) is 5.91 Å². The monoisotopic (exact) mass is 390 g/mol. The van der Waals surface area contributed by atoms with Crippen LogP contribution in [-0.4, -0.2) is 42.0 Å². The van der Waals surface area contributed by atoms with Gasteiger partial charge in [0.15, 0.2) is 10.3 Å². The third-order valence-electron chi connectivity index (χ3n) is 3.64. The average Bonchev–Trinajstić information content (AvgIpc) is 3.17. The van der Waals surface area contributed by atoms with Crippen LogP contribution < -0.4 is 10.2 Å². The molecule has 0 radical (unpaired) electrons. The second-order valence-corrected chi connectivity index (χ2v) is 7.52. The number of amides is 2. The molecule has 0 aliphatic carbocycles. The van der Waals surface area contributed by atoms with E-state index in [2.05, 4.69) is 15.3 Å². The Labute approximate surface area is 158 Å². The number of carbonyl (C=O) groups is 2. The fourth-order valence-corrected chi connectivity index (χ4v) is 4.25. The minimum absolute atomic E-state index is 0.145. The molecule has 136 valence electrons. The molecule has 3 rings (SSSR count). The predicted molar refractivity (Wildman–Crippen MR) is 104 cm³/mol. The lowest BCUT2D eigenvalue weighted by atomic mass is 10.3. The number of nitrogens with one attached hydrogen (secondary N) is 1. The van der Waals surface area contributed by atoms with Gasteiger partial charge in [-0.2, -0.15) is 0 Å². The number of carbonyl (C=O) groups excluding carboxylic acids is 2. The van der Waals surface area contributed by atoms with Crippen molar-refractivity contribution in [3.8, 4) is 0 Å². The lowest BCUT2D eigenvalue weighted by molar-refractivity contribution is -0.116. The van der Waals surface area contributed by atoms with Gasteiger partial charge in [-0.05, 0) is 19.1 Å². The van der Waals surface area contributed by atoms with Crippen LogP contribution in [-0.2, 0) is 9.53 Å². The first-order chi connectivity index (χ1) is 12.5. The van der Waals surface area contributed by atoms with Gasteiger partial charge < -0.3 is 4.74 Å². The van der Waals surface area contributed by atoms with E-state index in [4.69, 9.17) is 4.74 Å². The van der Waals surface area contributed by atoms with Crippen LogP contribution in [0.5, 0.6) is 0 Å². The van der Waals surface area contributed by atoms with E-state index in [1.165, 1.54) is 34.5 Å². The molecular formula is C17H18N4O3S2. The molecule has 0 saturated heterocycles. The van der Waals surface area contributed by atoms with E-state index in [0.29, 0.717) is 34.0 Å². The van der Waals surface area contributed by atoms with Crippen molar-refractivity contribution in [3.05, 3.63) is 34.8 Å². The second-order valence-electron chi connectivity index (χ2n) is 5.52. The van der Waals surface area contributed by atoms with E-state index in [9.17, 15) is 9.59 Å². The van der Waals surface area contributed by atoms with Gasteiger partial charge in [-0.1, -0.05) is 34.8 Å². The van der Waals surface area contributed by atoms with Crippen molar-refractivity contribution in [3.63, 3.8) is 0 Å². The van der Waals surface area contributed by atoms with Crippen molar-refractivity contribution in [1.29, 1.82) is 0 Å². The van der Waals surface area contributed by atoms with Gasteiger partial charge in [0.05, 0.1) is 29.1 Å². The van der Waals surface area contributed by atoms with Gasteiger partial charge in [-0.25, -0.2) is 9.97 Å². The van der Waals surface area contributed by atoms with Gasteiger partial charge in [-0.15, -0.1) is 0 Å². The van der Waals surface area contributed by atoms with Crippen LogP contribution in [0.3, 0.4) is 0 Å². The smallest absolute Gasteiger partial charge is 0.269 e. The third kappa shape index (κ3) is 3.90. The number of fused-ring (bicyclic) bond motifs is 1. The number of rotatable bonds is 6. The number of hydrogen-bond donors (Lipinski definition) is 1. The summed E-state index contributed by atoms with van der Waals surface area (Å²) in [7, 11) is 1.57. The second kappa shape index (κ2) is 7.90. The van der Waals surface area contributed by atoms with Crippen molar-refractivity contribution >= 4 is 55.0 Å². The molecule has 0 bridgehead atoms. The van der Waals surface area contributed by atoms with Crippen LogP contribution in [0.25, 0.3) is 10.2 Å². The van der Waals surface area contributed by atoms with Crippen LogP contribution in [0.1, 0.15) is 22.3 Å². The lowest BCUT2D eigenvalue weighted by Crippen LogP contribution is -2.31. The van der Waals surface area contributed by atoms with Crippen LogP contribution in [0.4, 0.5) is 10.3 Å². The summed E-state index contributed by atoms with van der Waals surface area (Å²) in [6, 6.07) is 7.70. The number of thiazole rings is 2. The molecule has 0 fully saturated rings. The zero-order valence-corrected chi connectivity index (χ0v) is 16.2. The Morgan fingerprint density at radius 2 is 2.00 bits per heavy atom. The van der Waals surface area contributed by atoms with Gasteiger partial charge in [-0.3, -0.25) is 19.8 Å². The van der Waals surface area contributed by atoms with E-state index < -0.39 is 0 Å². The molecule has 0 aliphatic rings. The molecule has 1 N–H and O–H groups in total. The lowest BCUT2D eigenvalue weighted by Gasteiger charge is -2.16. The average molecular weight is 390 g/mol. The van der Waals surface area contributed by atoms with Crippen molar-refractivity contribution in [1.82, 2.24) is 9.97 Å². The van der Waals surface area contributed by atoms with Crippen molar-refractivity contribution in [2.45, 2.75) is 13.8 Å². The van der Waals surface area contributed by atoms with Gasteiger partial charge >= 0.3 is 0 Å². The zero-order valence-electron chi connectivity index (χ0n) is 14.6. The highest BCUT2D eigenvalue weighted by Crippen LogP contribution is 2.29. The normalized spacial score (nSPS) is 10.9. The molecule has 0 atom stereocenters. The topological polar surface area (TPSA) is 84.4 Å². The third-order valence-corrected chi connectivity index (χ3v) is 5.77. The number of methoxy groups -OCH3 is 1. The first-order valence-corrected chi connectivity index (χ1v) is 9.54. The SMILES string of the molecule is COCCN(C(C)=O)c1nc(C)c(C(=O)Nc2nc3ccccc3s2)s1. The van der Waals surface area contributed by atoms with Gasteiger partial charge in [0.1, 0.15) is 4.88 Å². The molecule has 2 amide bonds. The van der Waals surface area contributed by atoms with Gasteiger partial charge in [0, 0.05) is 14.0 Å². The summed E-state index contributed by atoms with van der Waals surface area (Å²) in [5, 5.41) is 3.85. The number of aromatic nitrogens is 2. The summed E-state index contributed by atoms with van der Waals surface area (Å²) in [6.07, 6.45) is 0. The maximum atomic E-state index is 12.6. The maximum Gasteiger partial charge on any atom is 0.269 e. The number of anilines is 2. The predicted octanol–water partition coefficient (Wildman–Crippen LogP) is 3.31. The maximum absolute atomic E-state index is 12.6. The Hall–Kier alpha value is -2.36. The Kier molecular flexibility index (Phi) is 5.60. The number of benzene rings is 1. The quantitative estimate of drug-likeness (QED) is 0.698. The van der Waals surface area contributed by atoms with E-state index in [0.717, 1.165) is 10.2 Å². The summed E-state index contributed by atoms with van der Waals surface area (Å²) in [5.74, 6) is -0.422. The molecular weight excluding hydrogens is 372 g/mol. The Bertz CT molecular complexity index is 918. The zero-order chi connectivity index (χ0) is 18.7. The van der Waals surface area contributed by atoms with Crippen LogP contribution >= 0.6 is 22.7 Å². The number of hydrogen-bond acceptors (Lipinski definition) is 7. The summed E-state index contributed by atoms with van der Waals surface area (Å²) >= 11 is 2.60. The summed E-state index contributed by atoms with van der Waals surface area (Å²) in [5.41, 5.74) is 1.42. The van der Waals surface area contributed by atoms with Crippen molar-refractivity contribution in [2.75, 3.05) is 30.5 Å². The van der Waals surface area contributed by atoms with Crippen LogP contribution in [0.2, 0.25) is 0 Å². The Morgan fingerprint density at radius 3 is 2.69 bits per heavy atom. The molecule has 7 nitrogen and oxygen atoms in total. The Balaban J connectivity index is 1.81. The molecule has 2 heterocycles. The standard InChI is InChI=1S/C17H18N4O3S2/c1-10-14(26-17(18-10)21(11(2)22)8-9-24-3)15(23)20-16-19-12-6-4-5-7-13(12)25-16/h4-7H,8-9H2,1-3H3,(H,19,20,23). The number of aryl methyl sites for hydroxylation is 1. The first kappa shape index (κ1) is 18.4.